The summed E-state index contributed by atoms with van der Waals surface area (Å²) in [5.74, 6) is -0.0358. The number of hydrogen-bond donors (Lipinski definition) is 1. The van der Waals surface area contributed by atoms with Gasteiger partial charge in [-0.2, -0.15) is 0 Å². The third-order valence-corrected chi connectivity index (χ3v) is 2.30. The number of aliphatic hydroxyl groups excluding tert-OH is 1. The number of nitrogens with zero attached hydrogens (tertiary/aromatic N) is 3. The van der Waals surface area contributed by atoms with Gasteiger partial charge in [-0.15, -0.1) is 0 Å². The highest BCUT2D eigenvalue weighted by Crippen LogP contribution is 2.14. The second-order valence-corrected chi connectivity index (χ2v) is 3.31. The van der Waals surface area contributed by atoms with Crippen LogP contribution in [0.15, 0.2) is 12.4 Å². The maximum Gasteiger partial charge on any atom is 0.225 e. The molecule has 0 saturated carbocycles. The molecule has 2 rings (SSSR count). The molecule has 0 aromatic carbocycles. The molecule has 6 heteroatoms. The molecule has 1 aliphatic heterocycles. The zero-order chi connectivity index (χ0) is 10.7. The molecule has 1 N–H and O–H groups in total. The summed E-state index contributed by atoms with van der Waals surface area (Å²) < 4.78 is 17.8. The van der Waals surface area contributed by atoms with Crippen molar-refractivity contribution in [3.63, 3.8) is 0 Å². The molecule has 1 atom stereocenters. The Bertz CT molecular complexity index is 320. The minimum atomic E-state index is -0.465. The first-order valence-corrected chi connectivity index (χ1v) is 4.74. The summed E-state index contributed by atoms with van der Waals surface area (Å²) in [6, 6.07) is -0.149. The Morgan fingerprint density at radius 2 is 2.27 bits per heavy atom. The van der Waals surface area contributed by atoms with Gasteiger partial charge >= 0.3 is 0 Å². The van der Waals surface area contributed by atoms with E-state index < -0.39 is 5.82 Å². The molecule has 0 spiro atoms. The van der Waals surface area contributed by atoms with Crippen molar-refractivity contribution in [3.8, 4) is 0 Å². The fraction of sp³-hybridized carbons (Fsp3) is 0.556. The summed E-state index contributed by atoms with van der Waals surface area (Å²) in [7, 11) is 0. The highest BCUT2D eigenvalue weighted by Gasteiger charge is 2.24. The van der Waals surface area contributed by atoms with E-state index in [0.717, 1.165) is 12.4 Å². The van der Waals surface area contributed by atoms with Crippen LogP contribution in [-0.2, 0) is 4.74 Å². The fourth-order valence-electron chi connectivity index (χ4n) is 1.52. The lowest BCUT2D eigenvalue weighted by Crippen LogP contribution is -2.48. The van der Waals surface area contributed by atoms with Crippen molar-refractivity contribution in [2.24, 2.45) is 0 Å². The van der Waals surface area contributed by atoms with Crippen LogP contribution in [0.5, 0.6) is 0 Å². The largest absolute Gasteiger partial charge is 0.394 e. The molecule has 1 aromatic rings. The summed E-state index contributed by atoms with van der Waals surface area (Å²) in [5, 5.41) is 9.13. The molecule has 1 unspecified atom stereocenters. The van der Waals surface area contributed by atoms with E-state index in [2.05, 4.69) is 9.97 Å². The number of rotatable bonds is 2. The number of hydrogen-bond acceptors (Lipinski definition) is 5. The van der Waals surface area contributed by atoms with E-state index in [1.165, 1.54) is 0 Å². The topological polar surface area (TPSA) is 58.5 Å². The van der Waals surface area contributed by atoms with Crippen LogP contribution in [0.25, 0.3) is 0 Å². The van der Waals surface area contributed by atoms with Crippen LogP contribution in [0.4, 0.5) is 10.3 Å². The molecule has 82 valence electrons. The van der Waals surface area contributed by atoms with Crippen molar-refractivity contribution in [3.05, 3.63) is 18.2 Å². The van der Waals surface area contributed by atoms with Crippen LogP contribution in [0, 0.1) is 5.82 Å². The predicted octanol–water partition coefficient (Wildman–Crippen LogP) is -0.187. The van der Waals surface area contributed by atoms with Crippen LogP contribution >= 0.6 is 0 Å². The SMILES string of the molecule is OCC1COCCN1c1ncc(F)cn1. The van der Waals surface area contributed by atoms with Gasteiger partial charge in [0, 0.05) is 6.54 Å². The first-order valence-electron chi connectivity index (χ1n) is 4.74. The van der Waals surface area contributed by atoms with Gasteiger partial charge in [0.2, 0.25) is 5.95 Å². The first-order chi connectivity index (χ1) is 7.31. The maximum absolute atomic E-state index is 12.6. The standard InChI is InChI=1S/C9H12FN3O2/c10-7-3-11-9(12-4-7)13-1-2-15-6-8(13)5-14/h3-4,8,14H,1-2,5-6H2. The third kappa shape index (κ3) is 2.21. The van der Waals surface area contributed by atoms with Crippen LogP contribution in [0.3, 0.4) is 0 Å². The molecular formula is C9H12FN3O2. The van der Waals surface area contributed by atoms with Crippen molar-refractivity contribution in [2.75, 3.05) is 31.3 Å². The van der Waals surface area contributed by atoms with E-state index in [9.17, 15) is 4.39 Å². The number of ether oxygens (including phenoxy) is 1. The van der Waals surface area contributed by atoms with Crippen LogP contribution in [-0.4, -0.2) is 47.5 Å². The fourth-order valence-corrected chi connectivity index (χ4v) is 1.52. The highest BCUT2D eigenvalue weighted by atomic mass is 19.1. The van der Waals surface area contributed by atoms with Gasteiger partial charge in [-0.25, -0.2) is 14.4 Å². The smallest absolute Gasteiger partial charge is 0.225 e. The number of morpholine rings is 1. The summed E-state index contributed by atoms with van der Waals surface area (Å²) in [6.45, 7) is 1.59. The number of anilines is 1. The second-order valence-electron chi connectivity index (χ2n) is 3.31. The molecule has 1 saturated heterocycles. The second kappa shape index (κ2) is 4.50. The average Bonchev–Trinajstić information content (AvgIpc) is 2.30. The quantitative estimate of drug-likeness (QED) is 0.738. The van der Waals surface area contributed by atoms with Gasteiger partial charge in [-0.3, -0.25) is 0 Å². The van der Waals surface area contributed by atoms with Gasteiger partial charge in [-0.05, 0) is 0 Å². The summed E-state index contributed by atoms with van der Waals surface area (Å²) in [5.41, 5.74) is 0. The lowest BCUT2D eigenvalue weighted by Gasteiger charge is -2.34. The molecule has 15 heavy (non-hydrogen) atoms. The Morgan fingerprint density at radius 1 is 1.53 bits per heavy atom. The van der Waals surface area contributed by atoms with Gasteiger partial charge in [-0.1, -0.05) is 0 Å². The predicted molar refractivity (Wildman–Crippen MR) is 51.0 cm³/mol. The highest BCUT2D eigenvalue weighted by molar-refractivity contribution is 5.31. The lowest BCUT2D eigenvalue weighted by atomic mass is 10.2. The molecule has 5 nitrogen and oxygen atoms in total. The molecule has 1 aliphatic rings. The van der Waals surface area contributed by atoms with Crippen LogP contribution in [0.2, 0.25) is 0 Å². The van der Waals surface area contributed by atoms with E-state index in [1.54, 1.807) is 0 Å². The Kier molecular flexibility index (Phi) is 3.08. The van der Waals surface area contributed by atoms with Gasteiger partial charge in [0.05, 0.1) is 38.3 Å². The van der Waals surface area contributed by atoms with Gasteiger partial charge in [0.15, 0.2) is 5.82 Å². The molecule has 0 bridgehead atoms. The first kappa shape index (κ1) is 10.3. The van der Waals surface area contributed by atoms with Gasteiger partial charge < -0.3 is 14.7 Å². The number of halogens is 1. The van der Waals surface area contributed by atoms with E-state index in [-0.39, 0.29) is 12.6 Å². The van der Waals surface area contributed by atoms with Crippen molar-refractivity contribution in [1.82, 2.24) is 9.97 Å². The van der Waals surface area contributed by atoms with E-state index in [4.69, 9.17) is 9.84 Å². The zero-order valence-corrected chi connectivity index (χ0v) is 8.14. The Morgan fingerprint density at radius 3 is 2.93 bits per heavy atom. The Hall–Kier alpha value is -1.27. The van der Waals surface area contributed by atoms with E-state index in [1.807, 2.05) is 4.90 Å². The van der Waals surface area contributed by atoms with Crippen molar-refractivity contribution >= 4 is 5.95 Å². The molecule has 1 fully saturated rings. The number of aromatic nitrogens is 2. The Labute approximate surface area is 86.5 Å². The molecule has 0 amide bonds. The summed E-state index contributed by atoms with van der Waals surface area (Å²) in [6.07, 6.45) is 2.23. The minimum absolute atomic E-state index is 0.0270. The van der Waals surface area contributed by atoms with E-state index >= 15 is 0 Å². The van der Waals surface area contributed by atoms with Crippen molar-refractivity contribution < 1.29 is 14.2 Å². The van der Waals surface area contributed by atoms with Crippen molar-refractivity contribution in [2.45, 2.75) is 6.04 Å². The third-order valence-electron chi connectivity index (χ3n) is 2.30. The summed E-state index contributed by atoms with van der Waals surface area (Å²) in [4.78, 5) is 9.57. The zero-order valence-electron chi connectivity index (χ0n) is 8.14. The minimum Gasteiger partial charge on any atom is -0.394 e. The monoisotopic (exact) mass is 213 g/mol. The normalized spacial score (nSPS) is 21.7. The summed E-state index contributed by atoms with van der Waals surface area (Å²) >= 11 is 0. The van der Waals surface area contributed by atoms with Gasteiger partial charge in [0.1, 0.15) is 0 Å². The molecule has 0 aliphatic carbocycles. The van der Waals surface area contributed by atoms with Gasteiger partial charge in [0.25, 0.3) is 0 Å². The van der Waals surface area contributed by atoms with Crippen LogP contribution < -0.4 is 4.90 Å². The molecular weight excluding hydrogens is 201 g/mol. The van der Waals surface area contributed by atoms with E-state index in [0.29, 0.717) is 25.7 Å². The lowest BCUT2D eigenvalue weighted by molar-refractivity contribution is 0.0718. The average molecular weight is 213 g/mol. The molecule has 0 radical (unpaired) electrons. The Balaban J connectivity index is 2.16. The van der Waals surface area contributed by atoms with Crippen LogP contribution in [0.1, 0.15) is 0 Å². The molecule has 2 heterocycles. The molecule has 1 aromatic heterocycles. The maximum atomic E-state index is 12.6. The van der Waals surface area contributed by atoms with Crippen molar-refractivity contribution in [1.29, 1.82) is 0 Å². The number of aliphatic hydroxyl groups is 1.